The molecule has 0 aliphatic heterocycles. The van der Waals surface area contributed by atoms with Gasteiger partial charge in [0.2, 0.25) is 0 Å². The monoisotopic (exact) mass is 254 g/mol. The standard InChI is InChI=1S/C14H14N4O/c1-17-9-11(16)7-13(17)14(19)18(2)12-5-3-10(8-15)4-6-12/h3-7,9H,16H2,1-2H3. The molecule has 0 atom stereocenters. The summed E-state index contributed by atoms with van der Waals surface area (Å²) in [6.45, 7) is 0. The Morgan fingerprint density at radius 3 is 2.47 bits per heavy atom. The van der Waals surface area contributed by atoms with E-state index < -0.39 is 0 Å². The third-order valence-corrected chi connectivity index (χ3v) is 2.93. The molecule has 0 spiro atoms. The zero-order valence-corrected chi connectivity index (χ0v) is 10.8. The average molecular weight is 254 g/mol. The highest BCUT2D eigenvalue weighted by atomic mass is 16.2. The van der Waals surface area contributed by atoms with Crippen LogP contribution in [0.15, 0.2) is 36.5 Å². The molecule has 0 radical (unpaired) electrons. The van der Waals surface area contributed by atoms with Crippen molar-refractivity contribution >= 4 is 17.3 Å². The van der Waals surface area contributed by atoms with E-state index in [0.29, 0.717) is 16.9 Å². The third kappa shape index (κ3) is 2.43. The molecule has 0 saturated heterocycles. The summed E-state index contributed by atoms with van der Waals surface area (Å²) in [6.07, 6.45) is 1.69. The van der Waals surface area contributed by atoms with E-state index in [1.54, 1.807) is 55.2 Å². The quantitative estimate of drug-likeness (QED) is 0.887. The van der Waals surface area contributed by atoms with Crippen LogP contribution in [0, 0.1) is 11.3 Å². The molecule has 0 fully saturated rings. The van der Waals surface area contributed by atoms with E-state index >= 15 is 0 Å². The summed E-state index contributed by atoms with van der Waals surface area (Å²) in [5, 5.41) is 8.75. The number of hydrogen-bond donors (Lipinski definition) is 1. The van der Waals surface area contributed by atoms with Gasteiger partial charge in [0.15, 0.2) is 0 Å². The molecule has 0 saturated carbocycles. The maximum absolute atomic E-state index is 12.3. The summed E-state index contributed by atoms with van der Waals surface area (Å²) < 4.78 is 1.69. The fourth-order valence-corrected chi connectivity index (χ4v) is 1.85. The number of amides is 1. The van der Waals surface area contributed by atoms with Crippen molar-refractivity contribution < 1.29 is 4.79 Å². The molecular formula is C14H14N4O. The predicted octanol–water partition coefficient (Wildman–Crippen LogP) is 1.76. The third-order valence-electron chi connectivity index (χ3n) is 2.93. The molecule has 19 heavy (non-hydrogen) atoms. The molecule has 0 unspecified atom stereocenters. The van der Waals surface area contributed by atoms with Gasteiger partial charge in [0.1, 0.15) is 5.69 Å². The molecule has 1 aromatic carbocycles. The predicted molar refractivity (Wildman–Crippen MR) is 73.7 cm³/mol. The van der Waals surface area contributed by atoms with Crippen LogP contribution in [0.25, 0.3) is 0 Å². The van der Waals surface area contributed by atoms with Crippen LogP contribution in [0.5, 0.6) is 0 Å². The minimum atomic E-state index is -0.149. The molecule has 1 heterocycles. The first-order valence-electron chi connectivity index (χ1n) is 5.73. The fraction of sp³-hybridized carbons (Fsp3) is 0.143. The molecule has 96 valence electrons. The lowest BCUT2D eigenvalue weighted by molar-refractivity contribution is 0.0985. The van der Waals surface area contributed by atoms with E-state index in [9.17, 15) is 4.79 Å². The molecule has 0 bridgehead atoms. The highest BCUT2D eigenvalue weighted by molar-refractivity contribution is 6.05. The molecule has 2 N–H and O–H groups in total. The van der Waals surface area contributed by atoms with Crippen molar-refractivity contribution in [2.45, 2.75) is 0 Å². The summed E-state index contributed by atoms with van der Waals surface area (Å²) in [5.41, 5.74) is 8.03. The lowest BCUT2D eigenvalue weighted by Gasteiger charge is -2.17. The largest absolute Gasteiger partial charge is 0.397 e. The van der Waals surface area contributed by atoms with E-state index in [1.165, 1.54) is 4.90 Å². The Labute approximate surface area is 111 Å². The SMILES string of the molecule is CN(C(=O)c1cc(N)cn1C)c1ccc(C#N)cc1. The normalized spacial score (nSPS) is 9.95. The molecule has 5 nitrogen and oxygen atoms in total. The number of aryl methyl sites for hydroxylation is 1. The summed E-state index contributed by atoms with van der Waals surface area (Å²) >= 11 is 0. The average Bonchev–Trinajstić information content (AvgIpc) is 2.76. The summed E-state index contributed by atoms with van der Waals surface area (Å²) in [5.74, 6) is -0.149. The number of nitrogens with zero attached hydrogens (tertiary/aromatic N) is 3. The number of nitrogens with two attached hydrogens (primary N) is 1. The zero-order chi connectivity index (χ0) is 14.0. The van der Waals surface area contributed by atoms with Crippen LogP contribution in [-0.2, 0) is 7.05 Å². The van der Waals surface area contributed by atoms with Crippen LogP contribution >= 0.6 is 0 Å². The van der Waals surface area contributed by atoms with Crippen molar-refractivity contribution in [2.75, 3.05) is 17.7 Å². The summed E-state index contributed by atoms with van der Waals surface area (Å²) in [6, 6.07) is 10.5. The van der Waals surface area contributed by atoms with Gasteiger partial charge in [-0.15, -0.1) is 0 Å². The number of aromatic nitrogens is 1. The van der Waals surface area contributed by atoms with E-state index in [1.807, 2.05) is 6.07 Å². The highest BCUT2D eigenvalue weighted by Gasteiger charge is 2.16. The number of nitrogen functional groups attached to an aromatic ring is 1. The Hall–Kier alpha value is -2.74. The second kappa shape index (κ2) is 4.86. The van der Waals surface area contributed by atoms with Gasteiger partial charge in [-0.3, -0.25) is 4.79 Å². The van der Waals surface area contributed by atoms with Gasteiger partial charge in [-0.25, -0.2) is 0 Å². The van der Waals surface area contributed by atoms with Crippen LogP contribution < -0.4 is 10.6 Å². The van der Waals surface area contributed by atoms with Gasteiger partial charge >= 0.3 is 0 Å². The van der Waals surface area contributed by atoms with Gasteiger partial charge < -0.3 is 15.2 Å². The topological polar surface area (TPSA) is 75.0 Å². The molecule has 0 aliphatic carbocycles. The summed E-state index contributed by atoms with van der Waals surface area (Å²) in [7, 11) is 3.46. The highest BCUT2D eigenvalue weighted by Crippen LogP contribution is 2.18. The number of carbonyl (C=O) groups excluding carboxylic acids is 1. The zero-order valence-electron chi connectivity index (χ0n) is 10.8. The molecule has 0 aliphatic rings. The number of carbonyl (C=O) groups is 1. The van der Waals surface area contributed by atoms with Crippen molar-refractivity contribution in [3.8, 4) is 6.07 Å². The van der Waals surface area contributed by atoms with Crippen molar-refractivity contribution in [1.82, 2.24) is 4.57 Å². The minimum absolute atomic E-state index is 0.149. The molecule has 2 aromatic rings. The van der Waals surface area contributed by atoms with E-state index in [-0.39, 0.29) is 5.91 Å². The lowest BCUT2D eigenvalue weighted by Crippen LogP contribution is -2.27. The molecule has 1 aromatic heterocycles. The van der Waals surface area contributed by atoms with Crippen molar-refractivity contribution in [3.05, 3.63) is 47.8 Å². The van der Waals surface area contributed by atoms with Gasteiger partial charge in [0.05, 0.1) is 17.3 Å². The van der Waals surface area contributed by atoms with Crippen molar-refractivity contribution in [1.29, 1.82) is 5.26 Å². The van der Waals surface area contributed by atoms with Gasteiger partial charge in [0, 0.05) is 26.0 Å². The van der Waals surface area contributed by atoms with Crippen LogP contribution in [0.1, 0.15) is 16.1 Å². The Balaban J connectivity index is 2.28. The molecule has 1 amide bonds. The smallest absolute Gasteiger partial charge is 0.274 e. The summed E-state index contributed by atoms with van der Waals surface area (Å²) in [4.78, 5) is 13.8. The maximum Gasteiger partial charge on any atom is 0.274 e. The van der Waals surface area contributed by atoms with Gasteiger partial charge in [-0.2, -0.15) is 5.26 Å². The Morgan fingerprint density at radius 1 is 1.37 bits per heavy atom. The molecular weight excluding hydrogens is 240 g/mol. The second-order valence-corrected chi connectivity index (χ2v) is 4.29. The number of nitriles is 1. The number of rotatable bonds is 2. The van der Waals surface area contributed by atoms with Crippen molar-refractivity contribution in [2.24, 2.45) is 7.05 Å². The van der Waals surface area contributed by atoms with E-state index in [2.05, 4.69) is 0 Å². The first-order chi connectivity index (χ1) is 9.02. The first kappa shape index (κ1) is 12.7. The van der Waals surface area contributed by atoms with Gasteiger partial charge in [-0.1, -0.05) is 0 Å². The van der Waals surface area contributed by atoms with E-state index in [4.69, 9.17) is 11.0 Å². The Bertz CT molecular complexity index is 649. The van der Waals surface area contributed by atoms with E-state index in [0.717, 1.165) is 5.69 Å². The van der Waals surface area contributed by atoms with Crippen LogP contribution in [0.2, 0.25) is 0 Å². The molecule has 2 rings (SSSR count). The minimum Gasteiger partial charge on any atom is -0.397 e. The van der Waals surface area contributed by atoms with Gasteiger partial charge in [0.25, 0.3) is 5.91 Å². The number of benzene rings is 1. The first-order valence-corrected chi connectivity index (χ1v) is 5.73. The second-order valence-electron chi connectivity index (χ2n) is 4.29. The molecule has 5 heteroatoms. The van der Waals surface area contributed by atoms with Crippen LogP contribution in [-0.4, -0.2) is 17.5 Å². The Morgan fingerprint density at radius 2 is 2.00 bits per heavy atom. The van der Waals surface area contributed by atoms with Crippen molar-refractivity contribution in [3.63, 3.8) is 0 Å². The number of hydrogen-bond acceptors (Lipinski definition) is 3. The number of anilines is 2. The lowest BCUT2D eigenvalue weighted by atomic mass is 10.2. The van der Waals surface area contributed by atoms with Crippen LogP contribution in [0.3, 0.4) is 0 Å². The van der Waals surface area contributed by atoms with Crippen LogP contribution in [0.4, 0.5) is 11.4 Å². The maximum atomic E-state index is 12.3. The fourth-order valence-electron chi connectivity index (χ4n) is 1.85. The van der Waals surface area contributed by atoms with Gasteiger partial charge in [-0.05, 0) is 30.3 Å². The Kier molecular flexibility index (Phi) is 3.25.